The lowest BCUT2D eigenvalue weighted by atomic mass is 10.1. The van der Waals surface area contributed by atoms with E-state index in [-0.39, 0.29) is 17.3 Å². The summed E-state index contributed by atoms with van der Waals surface area (Å²) in [4.78, 5) is 1.62. The maximum absolute atomic E-state index is 13.0. The van der Waals surface area contributed by atoms with Crippen molar-refractivity contribution in [3.8, 4) is 0 Å². The van der Waals surface area contributed by atoms with E-state index in [1.807, 2.05) is 13.8 Å². The molecular formula is C13H18F3NO. The Morgan fingerprint density at radius 1 is 1.33 bits per heavy atom. The smallest absolute Gasteiger partial charge is 0.392 e. The third-order valence-corrected chi connectivity index (χ3v) is 3.18. The Morgan fingerprint density at radius 3 is 2.39 bits per heavy atom. The van der Waals surface area contributed by atoms with Gasteiger partial charge in [0.2, 0.25) is 0 Å². The van der Waals surface area contributed by atoms with E-state index in [1.165, 1.54) is 12.1 Å². The van der Waals surface area contributed by atoms with Gasteiger partial charge in [0, 0.05) is 18.8 Å². The predicted molar refractivity (Wildman–Crippen MR) is 65.5 cm³/mol. The standard InChI is InChI=1S/C13H18F3NO/c1-4-9(2)17(3)12-6-5-10(8-18)7-11(12)13(14,15)16/h5-7,9,18H,4,8H2,1-3H3. The molecule has 0 saturated heterocycles. The molecule has 0 bridgehead atoms. The highest BCUT2D eigenvalue weighted by Crippen LogP contribution is 2.37. The number of benzene rings is 1. The van der Waals surface area contributed by atoms with Crippen molar-refractivity contribution < 1.29 is 18.3 Å². The van der Waals surface area contributed by atoms with Gasteiger partial charge in [0.1, 0.15) is 0 Å². The van der Waals surface area contributed by atoms with E-state index in [0.717, 1.165) is 12.5 Å². The molecular weight excluding hydrogens is 243 g/mol. The highest BCUT2D eigenvalue weighted by Gasteiger charge is 2.35. The molecule has 0 heterocycles. The van der Waals surface area contributed by atoms with Crippen LogP contribution < -0.4 is 4.90 Å². The zero-order valence-electron chi connectivity index (χ0n) is 10.8. The Morgan fingerprint density at radius 2 is 1.94 bits per heavy atom. The minimum atomic E-state index is -4.41. The van der Waals surface area contributed by atoms with Crippen molar-refractivity contribution >= 4 is 5.69 Å². The number of halogens is 3. The predicted octanol–water partition coefficient (Wildman–Crippen LogP) is 3.43. The molecule has 0 aliphatic carbocycles. The van der Waals surface area contributed by atoms with Gasteiger partial charge >= 0.3 is 6.18 Å². The molecule has 1 aromatic rings. The van der Waals surface area contributed by atoms with Gasteiger partial charge in [-0.1, -0.05) is 13.0 Å². The zero-order chi connectivity index (χ0) is 13.9. The van der Waals surface area contributed by atoms with Crippen molar-refractivity contribution in [2.45, 2.75) is 39.1 Å². The monoisotopic (exact) mass is 261 g/mol. The van der Waals surface area contributed by atoms with Crippen molar-refractivity contribution in [1.29, 1.82) is 0 Å². The Kier molecular flexibility index (Phi) is 4.62. The molecule has 102 valence electrons. The van der Waals surface area contributed by atoms with Gasteiger partial charge in [-0.25, -0.2) is 0 Å². The molecule has 1 atom stereocenters. The van der Waals surface area contributed by atoms with E-state index in [2.05, 4.69) is 0 Å². The molecule has 0 saturated carbocycles. The second-order valence-electron chi connectivity index (χ2n) is 4.38. The summed E-state index contributed by atoms with van der Waals surface area (Å²) in [7, 11) is 1.65. The van der Waals surface area contributed by atoms with Gasteiger partial charge in [-0.15, -0.1) is 0 Å². The van der Waals surface area contributed by atoms with Gasteiger partial charge < -0.3 is 10.0 Å². The van der Waals surface area contributed by atoms with Crippen molar-refractivity contribution in [2.24, 2.45) is 0 Å². The van der Waals surface area contributed by atoms with Gasteiger partial charge in [-0.05, 0) is 31.0 Å². The number of nitrogens with zero attached hydrogens (tertiary/aromatic N) is 1. The first-order chi connectivity index (χ1) is 8.31. The van der Waals surface area contributed by atoms with E-state index < -0.39 is 18.3 Å². The van der Waals surface area contributed by atoms with Crippen molar-refractivity contribution in [3.05, 3.63) is 29.3 Å². The van der Waals surface area contributed by atoms with E-state index in [9.17, 15) is 13.2 Å². The molecule has 0 aliphatic heterocycles. The molecule has 2 nitrogen and oxygen atoms in total. The van der Waals surface area contributed by atoms with E-state index >= 15 is 0 Å². The average molecular weight is 261 g/mol. The van der Waals surface area contributed by atoms with Crippen LogP contribution in [-0.4, -0.2) is 18.2 Å². The highest BCUT2D eigenvalue weighted by molar-refractivity contribution is 5.56. The maximum atomic E-state index is 13.0. The minimum absolute atomic E-state index is 0.0195. The fourth-order valence-electron chi connectivity index (χ4n) is 1.73. The van der Waals surface area contributed by atoms with Crippen LogP contribution in [0.3, 0.4) is 0 Å². The van der Waals surface area contributed by atoms with Crippen LogP contribution in [0, 0.1) is 0 Å². The molecule has 1 rings (SSSR count). The topological polar surface area (TPSA) is 23.5 Å². The Hall–Kier alpha value is -1.23. The van der Waals surface area contributed by atoms with Crippen molar-refractivity contribution in [1.82, 2.24) is 0 Å². The first kappa shape index (κ1) is 14.8. The van der Waals surface area contributed by atoms with Crippen LogP contribution in [0.5, 0.6) is 0 Å². The van der Waals surface area contributed by atoms with Crippen molar-refractivity contribution in [2.75, 3.05) is 11.9 Å². The van der Waals surface area contributed by atoms with Gasteiger partial charge in [0.05, 0.1) is 12.2 Å². The third-order valence-electron chi connectivity index (χ3n) is 3.18. The number of rotatable bonds is 4. The summed E-state index contributed by atoms with van der Waals surface area (Å²) in [6.07, 6.45) is -3.65. The zero-order valence-corrected chi connectivity index (χ0v) is 10.8. The number of alkyl halides is 3. The van der Waals surface area contributed by atoms with Crippen LogP contribution in [0.4, 0.5) is 18.9 Å². The lowest BCUT2D eigenvalue weighted by Crippen LogP contribution is -2.30. The largest absolute Gasteiger partial charge is 0.418 e. The lowest BCUT2D eigenvalue weighted by molar-refractivity contribution is -0.137. The number of aliphatic hydroxyl groups is 1. The normalized spacial score (nSPS) is 13.5. The molecule has 0 amide bonds. The Bertz CT molecular complexity index is 404. The van der Waals surface area contributed by atoms with Crippen LogP contribution in [-0.2, 0) is 12.8 Å². The molecule has 0 spiro atoms. The van der Waals surface area contributed by atoms with E-state index in [0.29, 0.717) is 0 Å². The van der Waals surface area contributed by atoms with Gasteiger partial charge in [0.25, 0.3) is 0 Å². The maximum Gasteiger partial charge on any atom is 0.418 e. The summed E-state index contributed by atoms with van der Waals surface area (Å²) in [5.74, 6) is 0. The van der Waals surface area contributed by atoms with E-state index in [1.54, 1.807) is 11.9 Å². The number of aliphatic hydroxyl groups excluding tert-OH is 1. The Balaban J connectivity index is 3.26. The molecule has 5 heteroatoms. The molecule has 0 fully saturated rings. The van der Waals surface area contributed by atoms with Crippen LogP contribution in [0.2, 0.25) is 0 Å². The fraction of sp³-hybridized carbons (Fsp3) is 0.538. The van der Waals surface area contributed by atoms with Gasteiger partial charge in [-0.2, -0.15) is 13.2 Å². The molecule has 18 heavy (non-hydrogen) atoms. The third kappa shape index (κ3) is 3.16. The van der Waals surface area contributed by atoms with Crippen LogP contribution in [0.15, 0.2) is 18.2 Å². The van der Waals surface area contributed by atoms with Crippen LogP contribution in [0.25, 0.3) is 0 Å². The lowest BCUT2D eigenvalue weighted by Gasteiger charge is -2.29. The quantitative estimate of drug-likeness (QED) is 0.897. The highest BCUT2D eigenvalue weighted by atomic mass is 19.4. The van der Waals surface area contributed by atoms with Gasteiger partial charge in [0.15, 0.2) is 0 Å². The summed E-state index contributed by atoms with van der Waals surface area (Å²) in [6.45, 7) is 3.41. The van der Waals surface area contributed by atoms with Crippen LogP contribution >= 0.6 is 0 Å². The second-order valence-corrected chi connectivity index (χ2v) is 4.38. The average Bonchev–Trinajstić information content (AvgIpc) is 2.35. The van der Waals surface area contributed by atoms with Crippen LogP contribution in [0.1, 0.15) is 31.4 Å². The Labute approximate surface area is 105 Å². The minimum Gasteiger partial charge on any atom is -0.392 e. The SMILES string of the molecule is CCC(C)N(C)c1ccc(CO)cc1C(F)(F)F. The van der Waals surface area contributed by atoms with Crippen molar-refractivity contribution in [3.63, 3.8) is 0 Å². The summed E-state index contributed by atoms with van der Waals surface area (Å²) < 4.78 is 39.0. The summed E-state index contributed by atoms with van der Waals surface area (Å²) >= 11 is 0. The molecule has 0 aliphatic rings. The molecule has 1 aromatic carbocycles. The summed E-state index contributed by atoms with van der Waals surface area (Å²) in [5, 5.41) is 8.93. The fourth-order valence-corrected chi connectivity index (χ4v) is 1.73. The molecule has 1 N–H and O–H groups in total. The molecule has 0 radical (unpaired) electrons. The first-order valence-corrected chi connectivity index (χ1v) is 5.85. The number of hydrogen-bond acceptors (Lipinski definition) is 2. The number of hydrogen-bond donors (Lipinski definition) is 1. The summed E-state index contributed by atoms with van der Waals surface area (Å²) in [6, 6.07) is 3.96. The number of anilines is 1. The van der Waals surface area contributed by atoms with Gasteiger partial charge in [-0.3, -0.25) is 0 Å². The molecule has 0 aromatic heterocycles. The van der Waals surface area contributed by atoms with E-state index in [4.69, 9.17) is 5.11 Å². The second kappa shape index (κ2) is 5.61. The summed E-state index contributed by atoms with van der Waals surface area (Å²) in [5.41, 5.74) is -0.283. The molecule has 1 unspecified atom stereocenters. The first-order valence-electron chi connectivity index (χ1n) is 5.85.